The van der Waals surface area contributed by atoms with Crippen molar-refractivity contribution in [2.75, 3.05) is 19.8 Å². The first-order valence-corrected chi connectivity index (χ1v) is 3.49. The second kappa shape index (κ2) is 2.03. The van der Waals surface area contributed by atoms with Gasteiger partial charge in [-0.15, -0.1) is 0 Å². The van der Waals surface area contributed by atoms with Crippen LogP contribution >= 0.6 is 0 Å². The standard InChI is InChI=1S/C7H11NO/c1-3-8-7-2-4-9-5-6(1)7/h8H,1-5H2. The van der Waals surface area contributed by atoms with E-state index in [2.05, 4.69) is 5.32 Å². The second-order valence-electron chi connectivity index (χ2n) is 2.56. The van der Waals surface area contributed by atoms with Gasteiger partial charge in [0.15, 0.2) is 0 Å². The van der Waals surface area contributed by atoms with Crippen LogP contribution in [-0.2, 0) is 4.74 Å². The lowest BCUT2D eigenvalue weighted by Crippen LogP contribution is -2.14. The molecule has 0 amide bonds. The fourth-order valence-electron chi connectivity index (χ4n) is 1.43. The third-order valence-corrected chi connectivity index (χ3v) is 1.96. The zero-order valence-corrected chi connectivity index (χ0v) is 5.44. The lowest BCUT2D eigenvalue weighted by Gasteiger charge is -2.13. The normalized spacial score (nSPS) is 25.8. The summed E-state index contributed by atoms with van der Waals surface area (Å²) in [4.78, 5) is 0. The van der Waals surface area contributed by atoms with Gasteiger partial charge in [0, 0.05) is 18.7 Å². The summed E-state index contributed by atoms with van der Waals surface area (Å²) in [5.74, 6) is 0. The molecule has 2 rings (SSSR count). The van der Waals surface area contributed by atoms with E-state index in [9.17, 15) is 0 Å². The molecule has 0 aromatic carbocycles. The van der Waals surface area contributed by atoms with Crippen LogP contribution in [0.25, 0.3) is 0 Å². The molecule has 0 saturated carbocycles. The summed E-state index contributed by atoms with van der Waals surface area (Å²) in [6.45, 7) is 2.92. The molecule has 9 heavy (non-hydrogen) atoms. The zero-order chi connectivity index (χ0) is 6.10. The first-order valence-electron chi connectivity index (χ1n) is 3.49. The maximum atomic E-state index is 5.29. The van der Waals surface area contributed by atoms with E-state index < -0.39 is 0 Å². The largest absolute Gasteiger partial charge is 0.388 e. The van der Waals surface area contributed by atoms with Crippen LogP contribution in [0.15, 0.2) is 11.3 Å². The quantitative estimate of drug-likeness (QED) is 0.513. The molecule has 2 nitrogen and oxygen atoms in total. The van der Waals surface area contributed by atoms with Crippen molar-refractivity contribution in [3.8, 4) is 0 Å². The SMILES string of the molecule is C1CC2=C(CCOC2)N1. The van der Waals surface area contributed by atoms with Crippen LogP contribution in [0.2, 0.25) is 0 Å². The topological polar surface area (TPSA) is 21.3 Å². The van der Waals surface area contributed by atoms with Crippen molar-refractivity contribution >= 4 is 0 Å². The van der Waals surface area contributed by atoms with Gasteiger partial charge in [-0.3, -0.25) is 0 Å². The van der Waals surface area contributed by atoms with Crippen LogP contribution in [0.3, 0.4) is 0 Å². The van der Waals surface area contributed by atoms with Gasteiger partial charge in [0.1, 0.15) is 0 Å². The van der Waals surface area contributed by atoms with Gasteiger partial charge in [-0.2, -0.15) is 0 Å². The Balaban J connectivity index is 2.17. The molecule has 2 heterocycles. The first kappa shape index (κ1) is 5.30. The monoisotopic (exact) mass is 125 g/mol. The second-order valence-corrected chi connectivity index (χ2v) is 2.56. The lowest BCUT2D eigenvalue weighted by atomic mass is 10.1. The Bertz CT molecular complexity index is 135. The van der Waals surface area contributed by atoms with E-state index in [-0.39, 0.29) is 0 Å². The van der Waals surface area contributed by atoms with Crippen molar-refractivity contribution in [2.24, 2.45) is 0 Å². The molecule has 50 valence electrons. The van der Waals surface area contributed by atoms with Crippen molar-refractivity contribution < 1.29 is 4.74 Å². The van der Waals surface area contributed by atoms with Gasteiger partial charge in [0.2, 0.25) is 0 Å². The Hall–Kier alpha value is -0.500. The van der Waals surface area contributed by atoms with Gasteiger partial charge < -0.3 is 10.1 Å². The van der Waals surface area contributed by atoms with Crippen molar-refractivity contribution in [1.82, 2.24) is 5.32 Å². The Kier molecular flexibility index (Phi) is 1.19. The maximum Gasteiger partial charge on any atom is 0.0697 e. The predicted octanol–water partition coefficient (Wildman–Crippen LogP) is 0.654. The molecule has 0 fully saturated rings. The molecule has 0 aromatic heterocycles. The number of rotatable bonds is 0. The number of hydrogen-bond acceptors (Lipinski definition) is 2. The molecule has 0 aromatic rings. The van der Waals surface area contributed by atoms with E-state index >= 15 is 0 Å². The summed E-state index contributed by atoms with van der Waals surface area (Å²) < 4.78 is 5.29. The highest BCUT2D eigenvalue weighted by Crippen LogP contribution is 2.20. The molecule has 0 spiro atoms. The van der Waals surface area contributed by atoms with Crippen molar-refractivity contribution in [3.63, 3.8) is 0 Å². The number of ether oxygens (including phenoxy) is 1. The molecule has 0 atom stereocenters. The fraction of sp³-hybridized carbons (Fsp3) is 0.714. The summed E-state index contributed by atoms with van der Waals surface area (Å²) in [5.41, 5.74) is 2.96. The minimum absolute atomic E-state index is 0.877. The molecule has 2 heteroatoms. The Morgan fingerprint density at radius 2 is 2.33 bits per heavy atom. The molecule has 2 aliphatic rings. The average Bonchev–Trinajstić information content (AvgIpc) is 2.33. The summed E-state index contributed by atoms with van der Waals surface area (Å²) in [6, 6.07) is 0. The van der Waals surface area contributed by atoms with Gasteiger partial charge in [-0.05, 0) is 12.0 Å². The van der Waals surface area contributed by atoms with Crippen LogP contribution in [-0.4, -0.2) is 19.8 Å². The lowest BCUT2D eigenvalue weighted by molar-refractivity contribution is 0.145. The van der Waals surface area contributed by atoms with E-state index in [1.54, 1.807) is 0 Å². The average molecular weight is 125 g/mol. The van der Waals surface area contributed by atoms with Gasteiger partial charge in [-0.25, -0.2) is 0 Å². The summed E-state index contributed by atoms with van der Waals surface area (Å²) >= 11 is 0. The highest BCUT2D eigenvalue weighted by atomic mass is 16.5. The van der Waals surface area contributed by atoms with Gasteiger partial charge in [-0.1, -0.05) is 0 Å². The molecule has 0 bridgehead atoms. The number of nitrogens with one attached hydrogen (secondary N) is 1. The summed E-state index contributed by atoms with van der Waals surface area (Å²) in [5, 5.41) is 3.36. The molecule has 0 aliphatic carbocycles. The maximum absolute atomic E-state index is 5.29. The minimum atomic E-state index is 0.877. The van der Waals surface area contributed by atoms with E-state index in [0.717, 1.165) is 26.2 Å². The minimum Gasteiger partial charge on any atom is -0.388 e. The van der Waals surface area contributed by atoms with Crippen LogP contribution in [0.1, 0.15) is 12.8 Å². The molecule has 2 aliphatic heterocycles. The Morgan fingerprint density at radius 1 is 1.33 bits per heavy atom. The first-order chi connectivity index (χ1) is 4.47. The van der Waals surface area contributed by atoms with Crippen molar-refractivity contribution in [3.05, 3.63) is 11.3 Å². The van der Waals surface area contributed by atoms with Crippen LogP contribution in [0, 0.1) is 0 Å². The van der Waals surface area contributed by atoms with Gasteiger partial charge in [0.25, 0.3) is 0 Å². The van der Waals surface area contributed by atoms with Crippen LogP contribution in [0.4, 0.5) is 0 Å². The Morgan fingerprint density at radius 3 is 3.22 bits per heavy atom. The van der Waals surface area contributed by atoms with Gasteiger partial charge >= 0.3 is 0 Å². The van der Waals surface area contributed by atoms with Crippen LogP contribution < -0.4 is 5.32 Å². The van der Waals surface area contributed by atoms with E-state index in [0.29, 0.717) is 0 Å². The highest BCUT2D eigenvalue weighted by molar-refractivity contribution is 5.20. The number of hydrogen-bond donors (Lipinski definition) is 1. The third-order valence-electron chi connectivity index (χ3n) is 1.96. The van der Waals surface area contributed by atoms with Crippen molar-refractivity contribution in [1.29, 1.82) is 0 Å². The molecular formula is C7H11NO. The molecular weight excluding hydrogens is 114 g/mol. The van der Waals surface area contributed by atoms with Crippen LogP contribution in [0.5, 0.6) is 0 Å². The Labute approximate surface area is 54.9 Å². The predicted molar refractivity (Wildman–Crippen MR) is 35.1 cm³/mol. The summed E-state index contributed by atoms with van der Waals surface area (Å²) in [6.07, 6.45) is 2.31. The molecule has 1 N–H and O–H groups in total. The molecule has 0 saturated heterocycles. The van der Waals surface area contributed by atoms with Crippen molar-refractivity contribution in [2.45, 2.75) is 12.8 Å². The van der Waals surface area contributed by atoms with E-state index in [1.165, 1.54) is 17.7 Å². The molecule has 0 unspecified atom stereocenters. The van der Waals surface area contributed by atoms with E-state index in [1.807, 2.05) is 0 Å². The molecule has 0 radical (unpaired) electrons. The summed E-state index contributed by atoms with van der Waals surface area (Å²) in [7, 11) is 0. The fourth-order valence-corrected chi connectivity index (χ4v) is 1.43. The zero-order valence-electron chi connectivity index (χ0n) is 5.44. The highest BCUT2D eigenvalue weighted by Gasteiger charge is 2.16. The smallest absolute Gasteiger partial charge is 0.0697 e. The van der Waals surface area contributed by atoms with Gasteiger partial charge in [0.05, 0.1) is 13.2 Å². The third kappa shape index (κ3) is 0.833. The van der Waals surface area contributed by atoms with E-state index in [4.69, 9.17) is 4.74 Å².